The molecule has 1 atom stereocenters. The number of aliphatic carboxylic acids is 1. The topological polar surface area (TPSA) is 65.4 Å². The molecule has 0 saturated heterocycles. The first kappa shape index (κ1) is 10.4. The monoisotopic (exact) mass is 246 g/mol. The third-order valence-corrected chi connectivity index (χ3v) is 3.78. The molecule has 0 spiro atoms. The Bertz CT molecular complexity index is 585. The molecule has 0 fully saturated rings. The molecule has 5 heteroatoms. The number of H-pyrrole nitrogens is 1. The van der Waals surface area contributed by atoms with Gasteiger partial charge in [0.25, 0.3) is 0 Å². The summed E-state index contributed by atoms with van der Waals surface area (Å²) in [5, 5.41) is 10.8. The van der Waals surface area contributed by atoms with Gasteiger partial charge in [0, 0.05) is 16.7 Å². The second-order valence-corrected chi connectivity index (χ2v) is 4.88. The van der Waals surface area contributed by atoms with E-state index in [-0.39, 0.29) is 0 Å². The lowest BCUT2D eigenvalue weighted by Crippen LogP contribution is -2.17. The predicted molar refractivity (Wildman–Crippen MR) is 68.7 cm³/mol. The van der Waals surface area contributed by atoms with E-state index in [1.807, 2.05) is 30.3 Å². The summed E-state index contributed by atoms with van der Waals surface area (Å²) < 4.78 is 0. The van der Waals surface area contributed by atoms with Crippen molar-refractivity contribution in [3.63, 3.8) is 0 Å². The van der Waals surface area contributed by atoms with Crippen molar-refractivity contribution in [2.24, 2.45) is 4.99 Å². The first-order chi connectivity index (χ1) is 8.24. The largest absolute Gasteiger partial charge is 0.480 e. The number of para-hydroxylation sites is 1. The van der Waals surface area contributed by atoms with Crippen LogP contribution in [0, 0.1) is 0 Å². The SMILES string of the molecule is O=C(O)C1CSC(c2cc3ccccc3[nH]2)=N1. The van der Waals surface area contributed by atoms with E-state index in [9.17, 15) is 4.79 Å². The van der Waals surface area contributed by atoms with Gasteiger partial charge in [0.2, 0.25) is 0 Å². The number of carboxylic acid groups (broad SMARTS) is 1. The van der Waals surface area contributed by atoms with Crippen molar-refractivity contribution in [2.45, 2.75) is 6.04 Å². The number of fused-ring (bicyclic) bond motifs is 1. The number of carboxylic acids is 1. The molecule has 2 aromatic rings. The summed E-state index contributed by atoms with van der Waals surface area (Å²) in [4.78, 5) is 18.3. The van der Waals surface area contributed by atoms with Gasteiger partial charge in [-0.2, -0.15) is 0 Å². The molecule has 1 aliphatic heterocycles. The number of rotatable bonds is 2. The molecule has 3 rings (SSSR count). The molecular weight excluding hydrogens is 236 g/mol. The highest BCUT2D eigenvalue weighted by molar-refractivity contribution is 8.14. The van der Waals surface area contributed by atoms with Crippen LogP contribution in [0.25, 0.3) is 10.9 Å². The van der Waals surface area contributed by atoms with E-state index in [4.69, 9.17) is 5.11 Å². The molecule has 0 amide bonds. The summed E-state index contributed by atoms with van der Waals surface area (Å²) in [7, 11) is 0. The molecule has 2 heterocycles. The standard InChI is InChI=1S/C12H10N2O2S/c15-12(16)10-6-17-11(14-10)9-5-7-3-1-2-4-8(7)13-9/h1-5,10,13H,6H2,(H,15,16). The molecule has 1 aromatic carbocycles. The molecule has 0 aliphatic carbocycles. The number of benzene rings is 1. The van der Waals surface area contributed by atoms with Crippen molar-refractivity contribution in [3.8, 4) is 0 Å². The number of carbonyl (C=O) groups is 1. The summed E-state index contributed by atoms with van der Waals surface area (Å²) in [6, 6.07) is 9.35. The lowest BCUT2D eigenvalue weighted by atomic mass is 10.2. The molecule has 2 N–H and O–H groups in total. The van der Waals surface area contributed by atoms with E-state index < -0.39 is 12.0 Å². The van der Waals surface area contributed by atoms with E-state index in [0.717, 1.165) is 21.6 Å². The minimum absolute atomic E-state index is 0.514. The Morgan fingerprint density at radius 2 is 2.29 bits per heavy atom. The van der Waals surface area contributed by atoms with E-state index in [1.165, 1.54) is 11.8 Å². The number of nitrogens with zero attached hydrogens (tertiary/aromatic N) is 1. The van der Waals surface area contributed by atoms with Gasteiger partial charge in [-0.3, -0.25) is 4.99 Å². The van der Waals surface area contributed by atoms with Crippen molar-refractivity contribution in [1.29, 1.82) is 0 Å². The smallest absolute Gasteiger partial charge is 0.329 e. The van der Waals surface area contributed by atoms with Gasteiger partial charge in [0.1, 0.15) is 5.04 Å². The number of aromatic nitrogens is 1. The minimum Gasteiger partial charge on any atom is -0.480 e. The Morgan fingerprint density at radius 1 is 1.47 bits per heavy atom. The molecule has 0 saturated carbocycles. The molecule has 1 aliphatic rings. The zero-order chi connectivity index (χ0) is 11.8. The van der Waals surface area contributed by atoms with Crippen LogP contribution in [0.1, 0.15) is 5.69 Å². The lowest BCUT2D eigenvalue weighted by molar-refractivity contribution is -0.137. The summed E-state index contributed by atoms with van der Waals surface area (Å²) in [6.45, 7) is 0. The van der Waals surface area contributed by atoms with Crippen LogP contribution >= 0.6 is 11.8 Å². The third-order valence-electron chi connectivity index (χ3n) is 2.70. The number of nitrogens with one attached hydrogen (secondary N) is 1. The number of hydrogen-bond acceptors (Lipinski definition) is 3. The van der Waals surface area contributed by atoms with E-state index in [1.54, 1.807) is 0 Å². The summed E-state index contributed by atoms with van der Waals surface area (Å²) in [5.74, 6) is -0.344. The van der Waals surface area contributed by atoms with Crippen LogP contribution in [0.4, 0.5) is 0 Å². The highest BCUT2D eigenvalue weighted by atomic mass is 32.2. The van der Waals surface area contributed by atoms with Gasteiger partial charge in [0.15, 0.2) is 6.04 Å². The number of hydrogen-bond donors (Lipinski definition) is 2. The minimum atomic E-state index is -0.858. The second-order valence-electron chi connectivity index (χ2n) is 3.87. The average molecular weight is 246 g/mol. The first-order valence-electron chi connectivity index (χ1n) is 5.25. The quantitative estimate of drug-likeness (QED) is 0.853. The first-order valence-corrected chi connectivity index (χ1v) is 6.24. The predicted octanol–water partition coefficient (Wildman–Crippen LogP) is 2.11. The van der Waals surface area contributed by atoms with Crippen molar-refractivity contribution < 1.29 is 9.90 Å². The van der Waals surface area contributed by atoms with Crippen molar-refractivity contribution in [2.75, 3.05) is 5.75 Å². The van der Waals surface area contributed by atoms with Crippen LogP contribution in [0.2, 0.25) is 0 Å². The van der Waals surface area contributed by atoms with Crippen LogP contribution in [0.3, 0.4) is 0 Å². The highest BCUT2D eigenvalue weighted by Gasteiger charge is 2.25. The maximum absolute atomic E-state index is 10.8. The fourth-order valence-electron chi connectivity index (χ4n) is 1.84. The number of aliphatic imine (C=N–C) groups is 1. The maximum Gasteiger partial charge on any atom is 0.329 e. The molecule has 0 bridgehead atoms. The van der Waals surface area contributed by atoms with Gasteiger partial charge in [-0.1, -0.05) is 18.2 Å². The summed E-state index contributed by atoms with van der Waals surface area (Å²) >= 11 is 1.49. The van der Waals surface area contributed by atoms with Crippen LogP contribution in [-0.4, -0.2) is 32.9 Å². The van der Waals surface area contributed by atoms with Crippen LogP contribution in [0.5, 0.6) is 0 Å². The van der Waals surface area contributed by atoms with Gasteiger partial charge in [-0.25, -0.2) is 4.79 Å². The van der Waals surface area contributed by atoms with Crippen molar-refractivity contribution in [3.05, 3.63) is 36.0 Å². The second kappa shape index (κ2) is 3.92. The average Bonchev–Trinajstić information content (AvgIpc) is 2.95. The summed E-state index contributed by atoms with van der Waals surface area (Å²) in [5.41, 5.74) is 1.95. The van der Waals surface area contributed by atoms with Crippen LogP contribution < -0.4 is 0 Å². The molecule has 1 unspecified atom stereocenters. The molecular formula is C12H10N2O2S. The van der Waals surface area contributed by atoms with Gasteiger partial charge in [-0.05, 0) is 12.1 Å². The fraction of sp³-hybridized carbons (Fsp3) is 0.167. The third kappa shape index (κ3) is 1.82. The normalized spacial score (nSPS) is 19.5. The Kier molecular flexibility index (Phi) is 2.40. The highest BCUT2D eigenvalue weighted by Crippen LogP contribution is 2.25. The molecule has 0 radical (unpaired) electrons. The maximum atomic E-state index is 10.8. The molecule has 1 aromatic heterocycles. The zero-order valence-corrected chi connectivity index (χ0v) is 9.70. The fourth-order valence-corrected chi connectivity index (χ4v) is 2.84. The van der Waals surface area contributed by atoms with E-state index in [2.05, 4.69) is 9.98 Å². The molecule has 17 heavy (non-hydrogen) atoms. The zero-order valence-electron chi connectivity index (χ0n) is 8.88. The van der Waals surface area contributed by atoms with Crippen LogP contribution in [-0.2, 0) is 4.79 Å². The van der Waals surface area contributed by atoms with E-state index in [0.29, 0.717) is 5.75 Å². The van der Waals surface area contributed by atoms with Crippen molar-refractivity contribution >= 4 is 33.7 Å². The molecule has 4 nitrogen and oxygen atoms in total. The van der Waals surface area contributed by atoms with Crippen molar-refractivity contribution in [1.82, 2.24) is 4.98 Å². The number of thioether (sulfide) groups is 1. The van der Waals surface area contributed by atoms with Gasteiger partial charge >= 0.3 is 5.97 Å². The summed E-state index contributed by atoms with van der Waals surface area (Å²) in [6.07, 6.45) is 0. The van der Waals surface area contributed by atoms with Gasteiger partial charge in [-0.15, -0.1) is 11.8 Å². The Morgan fingerprint density at radius 3 is 3.00 bits per heavy atom. The van der Waals surface area contributed by atoms with Crippen LogP contribution in [0.15, 0.2) is 35.3 Å². The van der Waals surface area contributed by atoms with Gasteiger partial charge in [0.05, 0.1) is 5.69 Å². The Balaban J connectivity index is 1.99. The van der Waals surface area contributed by atoms with E-state index >= 15 is 0 Å². The molecule has 86 valence electrons. The number of aromatic amines is 1. The Hall–Kier alpha value is -1.75. The lowest BCUT2D eigenvalue weighted by Gasteiger charge is -1.94. The Labute approximate surface area is 102 Å². The van der Waals surface area contributed by atoms with Gasteiger partial charge < -0.3 is 10.1 Å².